The van der Waals surface area contributed by atoms with Crippen LogP contribution < -0.4 is 10.9 Å². The Morgan fingerprint density at radius 3 is 2.44 bits per heavy atom. The molecule has 2 heterocycles. The second-order valence-electron chi connectivity index (χ2n) is 8.05. The van der Waals surface area contributed by atoms with Crippen LogP contribution >= 0.6 is 11.8 Å². The Balaban J connectivity index is 1.58. The largest absolute Gasteiger partial charge is 0.419 e. The molecule has 0 radical (unpaired) electrons. The van der Waals surface area contributed by atoms with Crippen molar-refractivity contribution in [2.75, 3.05) is 11.1 Å². The quantitative estimate of drug-likeness (QED) is 0.396. The van der Waals surface area contributed by atoms with E-state index < -0.39 is 29.2 Å². The van der Waals surface area contributed by atoms with Gasteiger partial charge in [0.05, 0.1) is 10.6 Å². The minimum atomic E-state index is -4.68. The van der Waals surface area contributed by atoms with E-state index in [4.69, 9.17) is 0 Å². The van der Waals surface area contributed by atoms with E-state index in [2.05, 4.69) is 5.32 Å². The molecular formula is C26H19F3N2O2S. The molecule has 8 heteroatoms. The number of benzene rings is 3. The number of fused-ring (bicyclic) bond motifs is 2. The molecule has 0 spiro atoms. The minimum absolute atomic E-state index is 0.0410. The monoisotopic (exact) mass is 480 g/mol. The lowest BCUT2D eigenvalue weighted by Gasteiger charge is -2.20. The van der Waals surface area contributed by atoms with Gasteiger partial charge in [0.15, 0.2) is 0 Å². The predicted octanol–water partition coefficient (Wildman–Crippen LogP) is 5.90. The van der Waals surface area contributed by atoms with Gasteiger partial charge in [-0.25, -0.2) is 0 Å². The number of carbonyl (C=O) groups excluding carboxylic acids is 1. The lowest BCUT2D eigenvalue weighted by Crippen LogP contribution is -2.33. The highest BCUT2D eigenvalue weighted by Crippen LogP contribution is 2.44. The van der Waals surface area contributed by atoms with E-state index in [0.717, 1.165) is 33.2 Å². The molecule has 172 valence electrons. The van der Waals surface area contributed by atoms with Crippen LogP contribution in [0.15, 0.2) is 88.7 Å². The van der Waals surface area contributed by atoms with Crippen LogP contribution in [0.4, 0.5) is 18.9 Å². The van der Waals surface area contributed by atoms with E-state index in [9.17, 15) is 22.8 Å². The van der Waals surface area contributed by atoms with Crippen molar-refractivity contribution in [2.24, 2.45) is 0 Å². The summed E-state index contributed by atoms with van der Waals surface area (Å²) in [6, 6.07) is 21.5. The van der Waals surface area contributed by atoms with Crippen molar-refractivity contribution in [2.45, 2.75) is 23.7 Å². The van der Waals surface area contributed by atoms with Crippen LogP contribution in [0, 0.1) is 0 Å². The van der Waals surface area contributed by atoms with Gasteiger partial charge >= 0.3 is 6.18 Å². The van der Waals surface area contributed by atoms with Crippen molar-refractivity contribution in [1.82, 2.24) is 4.57 Å². The molecule has 0 aliphatic carbocycles. The fourth-order valence-corrected chi connectivity index (χ4v) is 5.72. The Bertz CT molecular complexity index is 1440. The number of halogens is 3. The number of aromatic nitrogens is 1. The minimum Gasteiger partial charge on any atom is -0.324 e. The maximum atomic E-state index is 14.3. The number of para-hydroxylation sites is 1. The van der Waals surface area contributed by atoms with Gasteiger partial charge < -0.3 is 5.32 Å². The van der Waals surface area contributed by atoms with Crippen LogP contribution in [0.5, 0.6) is 0 Å². The van der Waals surface area contributed by atoms with Crippen molar-refractivity contribution < 1.29 is 18.0 Å². The zero-order valence-corrected chi connectivity index (χ0v) is 18.6. The Morgan fingerprint density at radius 2 is 1.68 bits per heavy atom. The van der Waals surface area contributed by atoms with Gasteiger partial charge in [-0.3, -0.25) is 14.2 Å². The topological polar surface area (TPSA) is 51.1 Å². The molecule has 4 aromatic rings. The average Bonchev–Trinajstić information content (AvgIpc) is 3.25. The number of anilines is 1. The van der Waals surface area contributed by atoms with Gasteiger partial charge in [-0.05, 0) is 40.5 Å². The van der Waals surface area contributed by atoms with E-state index in [1.54, 1.807) is 42.5 Å². The molecule has 1 aromatic heterocycles. The first-order valence-corrected chi connectivity index (χ1v) is 11.6. The maximum absolute atomic E-state index is 14.3. The molecule has 0 fully saturated rings. The summed E-state index contributed by atoms with van der Waals surface area (Å²) in [4.78, 5) is 25.9. The summed E-state index contributed by atoms with van der Waals surface area (Å²) in [7, 11) is 0. The van der Waals surface area contributed by atoms with Gasteiger partial charge in [-0.1, -0.05) is 60.7 Å². The Kier molecular flexibility index (Phi) is 5.69. The number of alkyl halides is 3. The van der Waals surface area contributed by atoms with Crippen LogP contribution in [0.3, 0.4) is 0 Å². The highest BCUT2D eigenvalue weighted by Gasteiger charge is 2.42. The molecule has 1 amide bonds. The lowest BCUT2D eigenvalue weighted by atomic mass is 9.96. The zero-order chi connectivity index (χ0) is 23.9. The van der Waals surface area contributed by atoms with Crippen LogP contribution in [-0.4, -0.2) is 16.2 Å². The number of nitrogens with zero attached hydrogens (tertiary/aromatic N) is 1. The molecule has 1 atom stereocenters. The molecule has 0 unspecified atom stereocenters. The molecule has 0 saturated carbocycles. The predicted molar refractivity (Wildman–Crippen MR) is 127 cm³/mol. The summed E-state index contributed by atoms with van der Waals surface area (Å²) in [6.45, 7) is 0. The third kappa shape index (κ3) is 4.09. The normalized spacial score (nSPS) is 15.3. The SMILES string of the molecule is O=C(Nc1ccccc1)[C@@H]1CSc2c(C(F)(F)F)c(Cc3cccc4ccccc34)cc(=O)n21. The number of carbonyl (C=O) groups is 1. The summed E-state index contributed by atoms with van der Waals surface area (Å²) in [6.07, 6.45) is -4.72. The number of hydrogen-bond donors (Lipinski definition) is 1. The fourth-order valence-electron chi connectivity index (χ4n) is 4.35. The third-order valence-corrected chi connectivity index (χ3v) is 7.02. The lowest BCUT2D eigenvalue weighted by molar-refractivity contribution is -0.141. The van der Waals surface area contributed by atoms with Gasteiger partial charge in [0.2, 0.25) is 5.91 Å². The second-order valence-corrected chi connectivity index (χ2v) is 9.06. The number of thioether (sulfide) groups is 1. The summed E-state index contributed by atoms with van der Waals surface area (Å²) >= 11 is 0.893. The van der Waals surface area contributed by atoms with Gasteiger partial charge in [-0.15, -0.1) is 11.8 Å². The molecule has 1 aliphatic rings. The van der Waals surface area contributed by atoms with E-state index >= 15 is 0 Å². The smallest absolute Gasteiger partial charge is 0.324 e. The first kappa shape index (κ1) is 22.3. The number of pyridine rings is 1. The van der Waals surface area contributed by atoms with Crippen molar-refractivity contribution in [3.63, 3.8) is 0 Å². The van der Waals surface area contributed by atoms with Crippen LogP contribution in [-0.2, 0) is 17.4 Å². The van der Waals surface area contributed by atoms with Gasteiger partial charge in [0.25, 0.3) is 5.56 Å². The number of nitrogens with one attached hydrogen (secondary N) is 1. The van der Waals surface area contributed by atoms with Crippen molar-refractivity contribution in [3.05, 3.63) is 106 Å². The molecule has 0 bridgehead atoms. The van der Waals surface area contributed by atoms with E-state index in [0.29, 0.717) is 11.3 Å². The molecule has 1 aliphatic heterocycles. The first-order valence-electron chi connectivity index (χ1n) is 10.6. The van der Waals surface area contributed by atoms with Crippen LogP contribution in [0.2, 0.25) is 0 Å². The summed E-state index contributed by atoms with van der Waals surface area (Å²) in [5.41, 5.74) is -0.329. The zero-order valence-electron chi connectivity index (χ0n) is 17.8. The Morgan fingerprint density at radius 1 is 0.971 bits per heavy atom. The van der Waals surface area contributed by atoms with Gasteiger partial charge in [0.1, 0.15) is 6.04 Å². The van der Waals surface area contributed by atoms with Crippen molar-refractivity contribution >= 4 is 34.1 Å². The molecule has 5 rings (SSSR count). The van der Waals surface area contributed by atoms with E-state index in [-0.39, 0.29) is 22.8 Å². The third-order valence-electron chi connectivity index (χ3n) is 5.87. The van der Waals surface area contributed by atoms with E-state index in [1.807, 2.05) is 30.3 Å². The van der Waals surface area contributed by atoms with Crippen LogP contribution in [0.25, 0.3) is 10.8 Å². The molecule has 3 aromatic carbocycles. The highest BCUT2D eigenvalue weighted by atomic mass is 32.2. The van der Waals surface area contributed by atoms with Gasteiger partial charge in [-0.2, -0.15) is 13.2 Å². The molecule has 0 saturated heterocycles. The standard InChI is InChI=1S/C26H19F3N2O2S/c27-26(28,29)23-18(13-17-9-6-8-16-7-4-5-12-20(16)17)14-22(32)31-21(15-34-25(23)31)24(33)30-19-10-2-1-3-11-19/h1-12,14,21H,13,15H2,(H,30,33)/t21-/m0/s1. The number of rotatable bonds is 4. The fraction of sp³-hybridized carbons (Fsp3) is 0.154. The van der Waals surface area contributed by atoms with Crippen molar-refractivity contribution in [3.8, 4) is 0 Å². The highest BCUT2D eigenvalue weighted by molar-refractivity contribution is 7.99. The molecular weight excluding hydrogens is 461 g/mol. The Hall–Kier alpha value is -3.52. The van der Waals surface area contributed by atoms with E-state index in [1.165, 1.54) is 0 Å². The molecule has 4 nitrogen and oxygen atoms in total. The first-order chi connectivity index (χ1) is 16.3. The Labute approximate surface area is 197 Å². The maximum Gasteiger partial charge on any atom is 0.419 e. The number of hydrogen-bond acceptors (Lipinski definition) is 3. The summed E-state index contributed by atoms with van der Waals surface area (Å²) in [5, 5.41) is 4.24. The summed E-state index contributed by atoms with van der Waals surface area (Å²) < 4.78 is 43.9. The van der Waals surface area contributed by atoms with Crippen molar-refractivity contribution in [1.29, 1.82) is 0 Å². The molecule has 1 N–H and O–H groups in total. The van der Waals surface area contributed by atoms with Crippen LogP contribution in [0.1, 0.15) is 22.7 Å². The molecule has 34 heavy (non-hydrogen) atoms. The average molecular weight is 481 g/mol. The summed E-state index contributed by atoms with van der Waals surface area (Å²) in [5.74, 6) is -0.469. The van der Waals surface area contributed by atoms with Gasteiger partial charge in [0, 0.05) is 17.5 Å². The number of amides is 1. The second kappa shape index (κ2) is 8.68.